The first kappa shape index (κ1) is 11.3. The minimum atomic E-state index is -0.343. The summed E-state index contributed by atoms with van der Waals surface area (Å²) < 4.78 is 4.52. The predicted octanol–water partition coefficient (Wildman–Crippen LogP) is 0.630. The molecule has 2 rings (SSSR count). The zero-order chi connectivity index (χ0) is 12.3. The summed E-state index contributed by atoms with van der Waals surface area (Å²) >= 11 is 5.75. The van der Waals surface area contributed by atoms with Crippen molar-refractivity contribution in [1.82, 2.24) is 20.4 Å². The highest BCUT2D eigenvalue weighted by Crippen LogP contribution is 2.16. The molecule has 0 saturated heterocycles. The van der Waals surface area contributed by atoms with Crippen LogP contribution in [0.1, 0.15) is 16.2 Å². The lowest BCUT2D eigenvalue weighted by Gasteiger charge is -2.03. The Hall–Kier alpha value is -2.15. The molecule has 0 aliphatic heterocycles. The number of nitrogens with zero attached hydrogens (tertiary/aromatic N) is 3. The summed E-state index contributed by atoms with van der Waals surface area (Å²) in [5.41, 5.74) is 5.75. The fraction of sp³-hybridized carbons (Fsp3) is 0.111. The second kappa shape index (κ2) is 4.79. The lowest BCUT2D eigenvalue weighted by atomic mass is 10.2. The highest BCUT2D eigenvalue weighted by molar-refractivity contribution is 6.33. The van der Waals surface area contributed by atoms with Gasteiger partial charge in [0.2, 0.25) is 6.39 Å². The van der Waals surface area contributed by atoms with Crippen LogP contribution in [-0.2, 0) is 6.54 Å². The summed E-state index contributed by atoms with van der Waals surface area (Å²) in [5.74, 6) is 0.221. The van der Waals surface area contributed by atoms with Gasteiger partial charge in [-0.2, -0.15) is 4.98 Å². The number of rotatable bonds is 3. The van der Waals surface area contributed by atoms with Gasteiger partial charge in [0.05, 0.1) is 17.1 Å². The number of carbonyl (C=O) groups is 1. The van der Waals surface area contributed by atoms with Gasteiger partial charge in [-0.05, 0) is 6.07 Å². The number of hydrogen-bond acceptors (Lipinski definition) is 6. The molecule has 0 saturated carbocycles. The molecule has 2 aromatic rings. The summed E-state index contributed by atoms with van der Waals surface area (Å²) in [6, 6.07) is 1.44. The van der Waals surface area contributed by atoms with Crippen LogP contribution in [0.5, 0.6) is 0 Å². The molecule has 3 N–H and O–H groups in total. The molecule has 88 valence electrons. The number of amides is 1. The summed E-state index contributed by atoms with van der Waals surface area (Å²) in [6.07, 6.45) is 2.52. The number of carbonyl (C=O) groups excluding carboxylic acids is 1. The largest absolute Gasteiger partial charge is 0.382 e. The number of anilines is 1. The number of nitrogen functional groups attached to an aromatic ring is 1. The Balaban J connectivity index is 2.02. The van der Waals surface area contributed by atoms with Gasteiger partial charge in [0.15, 0.2) is 5.82 Å². The van der Waals surface area contributed by atoms with Gasteiger partial charge < -0.3 is 15.6 Å². The van der Waals surface area contributed by atoms with Crippen molar-refractivity contribution < 1.29 is 9.32 Å². The Labute approximate surface area is 101 Å². The smallest absolute Gasteiger partial charge is 0.253 e. The lowest BCUT2D eigenvalue weighted by Crippen LogP contribution is -2.23. The van der Waals surface area contributed by atoms with E-state index < -0.39 is 0 Å². The third-order valence-corrected chi connectivity index (χ3v) is 2.25. The Kier molecular flexibility index (Phi) is 3.20. The number of nitrogens with one attached hydrogen (secondary N) is 1. The monoisotopic (exact) mass is 253 g/mol. The zero-order valence-corrected chi connectivity index (χ0v) is 9.31. The van der Waals surface area contributed by atoms with E-state index in [9.17, 15) is 4.79 Å². The molecule has 0 aliphatic carbocycles. The predicted molar refractivity (Wildman–Crippen MR) is 59.1 cm³/mol. The molecular formula is C9H8ClN5O2. The molecule has 0 bridgehead atoms. The van der Waals surface area contributed by atoms with Crippen molar-refractivity contribution in [3.05, 3.63) is 35.1 Å². The van der Waals surface area contributed by atoms with Gasteiger partial charge in [-0.1, -0.05) is 16.8 Å². The molecule has 0 radical (unpaired) electrons. The zero-order valence-electron chi connectivity index (χ0n) is 8.55. The minimum absolute atomic E-state index is 0.164. The van der Waals surface area contributed by atoms with Crippen molar-refractivity contribution in [2.24, 2.45) is 0 Å². The Bertz CT molecular complexity index is 528. The van der Waals surface area contributed by atoms with Crippen LogP contribution in [-0.4, -0.2) is 21.0 Å². The lowest BCUT2D eigenvalue weighted by molar-refractivity contribution is 0.0949. The number of halogens is 1. The third-order valence-electron chi connectivity index (χ3n) is 1.95. The third kappa shape index (κ3) is 2.70. The molecule has 0 atom stereocenters. The second-order valence-electron chi connectivity index (χ2n) is 3.12. The van der Waals surface area contributed by atoms with Gasteiger partial charge >= 0.3 is 0 Å². The van der Waals surface area contributed by atoms with Crippen molar-refractivity contribution in [2.45, 2.75) is 6.54 Å². The molecule has 0 unspecified atom stereocenters. The highest BCUT2D eigenvalue weighted by atomic mass is 35.5. The fourth-order valence-electron chi connectivity index (χ4n) is 1.10. The first-order valence-electron chi connectivity index (χ1n) is 4.61. The Morgan fingerprint density at radius 3 is 3.00 bits per heavy atom. The van der Waals surface area contributed by atoms with Crippen LogP contribution < -0.4 is 11.1 Å². The number of aromatic nitrogens is 3. The minimum Gasteiger partial charge on any atom is -0.382 e. The molecule has 8 heteroatoms. The van der Waals surface area contributed by atoms with E-state index in [0.717, 1.165) is 0 Å². The van der Waals surface area contributed by atoms with Gasteiger partial charge in [0.1, 0.15) is 5.82 Å². The van der Waals surface area contributed by atoms with Crippen molar-refractivity contribution in [2.75, 3.05) is 5.73 Å². The van der Waals surface area contributed by atoms with Crippen LogP contribution in [0, 0.1) is 0 Å². The topological polar surface area (TPSA) is 107 Å². The van der Waals surface area contributed by atoms with Gasteiger partial charge in [-0.15, -0.1) is 0 Å². The van der Waals surface area contributed by atoms with E-state index in [0.29, 0.717) is 11.4 Å². The van der Waals surface area contributed by atoms with Crippen molar-refractivity contribution in [3.63, 3.8) is 0 Å². The average molecular weight is 254 g/mol. The van der Waals surface area contributed by atoms with E-state index in [-0.39, 0.29) is 23.3 Å². The molecule has 0 aromatic carbocycles. The fourth-order valence-corrected chi connectivity index (χ4v) is 1.27. The summed E-state index contributed by atoms with van der Waals surface area (Å²) in [6.45, 7) is 0.164. The molecule has 7 nitrogen and oxygen atoms in total. The van der Waals surface area contributed by atoms with E-state index in [2.05, 4.69) is 25.0 Å². The summed E-state index contributed by atoms with van der Waals surface area (Å²) in [4.78, 5) is 19.2. The normalized spacial score (nSPS) is 10.2. The number of pyridine rings is 1. The van der Waals surface area contributed by atoms with Crippen LogP contribution in [0.15, 0.2) is 23.2 Å². The van der Waals surface area contributed by atoms with Gasteiger partial charge in [0, 0.05) is 6.20 Å². The van der Waals surface area contributed by atoms with Crippen LogP contribution >= 0.6 is 11.6 Å². The van der Waals surface area contributed by atoms with E-state index in [4.69, 9.17) is 17.3 Å². The maximum atomic E-state index is 11.7. The van der Waals surface area contributed by atoms with Crippen LogP contribution in [0.4, 0.5) is 5.82 Å². The standard InChI is InChI=1S/C9H8ClN5O2/c10-6-1-5(2-12-8(6)11)9(16)13-3-7-14-4-17-15-7/h1-2,4H,3H2,(H2,11,12)(H,13,16). The SMILES string of the molecule is Nc1ncc(C(=O)NCc2ncon2)cc1Cl. The Morgan fingerprint density at radius 2 is 2.35 bits per heavy atom. The molecule has 2 aromatic heterocycles. The van der Waals surface area contributed by atoms with Crippen LogP contribution in [0.25, 0.3) is 0 Å². The van der Waals surface area contributed by atoms with E-state index in [1.807, 2.05) is 0 Å². The molecule has 1 amide bonds. The Morgan fingerprint density at radius 1 is 1.53 bits per heavy atom. The maximum absolute atomic E-state index is 11.7. The van der Waals surface area contributed by atoms with Crippen molar-refractivity contribution >= 4 is 23.3 Å². The molecular weight excluding hydrogens is 246 g/mol. The summed E-state index contributed by atoms with van der Waals surface area (Å²) in [7, 11) is 0. The van der Waals surface area contributed by atoms with Crippen molar-refractivity contribution in [1.29, 1.82) is 0 Å². The second-order valence-corrected chi connectivity index (χ2v) is 3.53. The highest BCUT2D eigenvalue weighted by Gasteiger charge is 2.09. The van der Waals surface area contributed by atoms with E-state index in [1.54, 1.807) is 0 Å². The van der Waals surface area contributed by atoms with Crippen LogP contribution in [0.2, 0.25) is 5.02 Å². The van der Waals surface area contributed by atoms with Gasteiger partial charge in [0.25, 0.3) is 5.91 Å². The van der Waals surface area contributed by atoms with Crippen molar-refractivity contribution in [3.8, 4) is 0 Å². The average Bonchev–Trinajstić information content (AvgIpc) is 2.82. The molecule has 0 spiro atoms. The number of nitrogens with two attached hydrogens (primary N) is 1. The quantitative estimate of drug-likeness (QED) is 0.831. The molecule has 2 heterocycles. The first-order chi connectivity index (χ1) is 8.16. The van der Waals surface area contributed by atoms with Gasteiger partial charge in [-0.25, -0.2) is 4.98 Å². The molecule has 0 fully saturated rings. The van der Waals surface area contributed by atoms with E-state index >= 15 is 0 Å². The van der Waals surface area contributed by atoms with E-state index in [1.165, 1.54) is 18.7 Å². The maximum Gasteiger partial charge on any atom is 0.253 e. The van der Waals surface area contributed by atoms with Crippen LogP contribution in [0.3, 0.4) is 0 Å². The molecule has 17 heavy (non-hydrogen) atoms. The van der Waals surface area contributed by atoms with Gasteiger partial charge in [-0.3, -0.25) is 4.79 Å². The first-order valence-corrected chi connectivity index (χ1v) is 4.99. The molecule has 0 aliphatic rings. The summed E-state index contributed by atoms with van der Waals surface area (Å²) in [5, 5.41) is 6.37. The number of hydrogen-bond donors (Lipinski definition) is 2.